The molecule has 0 radical (unpaired) electrons. The first-order chi connectivity index (χ1) is 8.83. The molecule has 0 spiro atoms. The fourth-order valence-electron chi connectivity index (χ4n) is 2.48. The smallest absolute Gasteiger partial charge is 0.223 e. The van der Waals surface area contributed by atoms with Gasteiger partial charge in [0.25, 0.3) is 0 Å². The number of nitrogens with zero attached hydrogens (tertiary/aromatic N) is 2. The van der Waals surface area contributed by atoms with Gasteiger partial charge in [0.2, 0.25) is 5.88 Å². The van der Waals surface area contributed by atoms with Crippen LogP contribution in [0.4, 0.5) is 5.69 Å². The molecule has 1 aliphatic carbocycles. The van der Waals surface area contributed by atoms with Gasteiger partial charge >= 0.3 is 0 Å². The summed E-state index contributed by atoms with van der Waals surface area (Å²) in [5, 5.41) is 0.906. The van der Waals surface area contributed by atoms with Gasteiger partial charge < -0.3 is 10.5 Å². The van der Waals surface area contributed by atoms with Crippen LogP contribution in [0.1, 0.15) is 32.1 Å². The molecule has 4 heteroatoms. The number of fused-ring (bicyclic) bond motifs is 1. The maximum absolute atomic E-state index is 6.02. The van der Waals surface area contributed by atoms with Gasteiger partial charge in [-0.05, 0) is 37.8 Å². The van der Waals surface area contributed by atoms with Crippen molar-refractivity contribution in [3.8, 4) is 5.88 Å². The Morgan fingerprint density at radius 1 is 1.17 bits per heavy atom. The van der Waals surface area contributed by atoms with Crippen molar-refractivity contribution in [2.45, 2.75) is 38.2 Å². The minimum Gasteiger partial charge on any atom is -0.474 e. The molecule has 4 nitrogen and oxygen atoms in total. The zero-order valence-electron chi connectivity index (χ0n) is 10.3. The van der Waals surface area contributed by atoms with Gasteiger partial charge in [-0.1, -0.05) is 6.42 Å². The van der Waals surface area contributed by atoms with Crippen LogP contribution in [0.5, 0.6) is 5.88 Å². The first-order valence-corrected chi connectivity index (χ1v) is 6.50. The van der Waals surface area contributed by atoms with Gasteiger partial charge in [-0.15, -0.1) is 0 Å². The largest absolute Gasteiger partial charge is 0.474 e. The van der Waals surface area contributed by atoms with Gasteiger partial charge in [-0.3, -0.25) is 4.98 Å². The Labute approximate surface area is 106 Å². The molecule has 0 aliphatic heterocycles. The van der Waals surface area contributed by atoms with E-state index < -0.39 is 0 Å². The van der Waals surface area contributed by atoms with Crippen LogP contribution in [0.25, 0.3) is 10.9 Å². The second-order valence-electron chi connectivity index (χ2n) is 4.83. The zero-order valence-corrected chi connectivity index (χ0v) is 10.3. The third kappa shape index (κ3) is 2.23. The highest BCUT2D eigenvalue weighted by Gasteiger charge is 2.16. The SMILES string of the molecule is Nc1cnc2ccnc(OC3CCCCC3)c2c1. The average Bonchev–Trinajstić information content (AvgIpc) is 2.41. The highest BCUT2D eigenvalue weighted by atomic mass is 16.5. The number of hydrogen-bond donors (Lipinski definition) is 1. The van der Waals surface area contributed by atoms with Gasteiger partial charge in [0.1, 0.15) is 6.10 Å². The summed E-state index contributed by atoms with van der Waals surface area (Å²) in [6.45, 7) is 0. The summed E-state index contributed by atoms with van der Waals surface area (Å²) in [4.78, 5) is 8.61. The molecule has 1 fully saturated rings. The third-order valence-corrected chi connectivity index (χ3v) is 3.42. The monoisotopic (exact) mass is 243 g/mol. The van der Waals surface area contributed by atoms with E-state index in [2.05, 4.69) is 9.97 Å². The number of pyridine rings is 2. The second-order valence-corrected chi connectivity index (χ2v) is 4.83. The van der Waals surface area contributed by atoms with E-state index >= 15 is 0 Å². The van der Waals surface area contributed by atoms with E-state index in [0.717, 1.165) is 23.7 Å². The van der Waals surface area contributed by atoms with Crippen LogP contribution in [-0.4, -0.2) is 16.1 Å². The highest BCUT2D eigenvalue weighted by Crippen LogP contribution is 2.27. The molecule has 2 aromatic rings. The van der Waals surface area contributed by atoms with Gasteiger partial charge in [0.15, 0.2) is 0 Å². The zero-order chi connectivity index (χ0) is 12.4. The van der Waals surface area contributed by atoms with Crippen molar-refractivity contribution in [2.75, 3.05) is 5.73 Å². The number of aromatic nitrogens is 2. The molecular weight excluding hydrogens is 226 g/mol. The lowest BCUT2D eigenvalue weighted by Crippen LogP contribution is -2.20. The Balaban J connectivity index is 1.92. The van der Waals surface area contributed by atoms with Crippen LogP contribution in [0.3, 0.4) is 0 Å². The van der Waals surface area contributed by atoms with E-state index in [4.69, 9.17) is 10.5 Å². The molecule has 0 amide bonds. The third-order valence-electron chi connectivity index (χ3n) is 3.42. The van der Waals surface area contributed by atoms with Crippen molar-refractivity contribution in [3.63, 3.8) is 0 Å². The van der Waals surface area contributed by atoms with E-state index in [-0.39, 0.29) is 0 Å². The second kappa shape index (κ2) is 4.80. The fraction of sp³-hybridized carbons (Fsp3) is 0.429. The minimum atomic E-state index is 0.290. The van der Waals surface area contributed by atoms with Gasteiger partial charge in [-0.25, -0.2) is 4.98 Å². The number of nitrogen functional groups attached to an aromatic ring is 1. The van der Waals surface area contributed by atoms with Crippen LogP contribution in [0.2, 0.25) is 0 Å². The summed E-state index contributed by atoms with van der Waals surface area (Å²) in [6, 6.07) is 3.76. The van der Waals surface area contributed by atoms with Crippen LogP contribution in [-0.2, 0) is 0 Å². The van der Waals surface area contributed by atoms with Gasteiger partial charge in [0.05, 0.1) is 22.8 Å². The molecule has 0 aromatic carbocycles. The lowest BCUT2D eigenvalue weighted by molar-refractivity contribution is 0.151. The molecule has 0 unspecified atom stereocenters. The van der Waals surface area contributed by atoms with Crippen LogP contribution >= 0.6 is 0 Å². The maximum Gasteiger partial charge on any atom is 0.223 e. The van der Waals surface area contributed by atoms with Gasteiger partial charge in [0, 0.05) is 6.20 Å². The summed E-state index contributed by atoms with van der Waals surface area (Å²) < 4.78 is 6.02. The molecule has 0 atom stereocenters. The van der Waals surface area contributed by atoms with Gasteiger partial charge in [-0.2, -0.15) is 0 Å². The first-order valence-electron chi connectivity index (χ1n) is 6.50. The molecule has 94 valence electrons. The fourth-order valence-corrected chi connectivity index (χ4v) is 2.48. The Morgan fingerprint density at radius 3 is 2.83 bits per heavy atom. The molecule has 3 rings (SSSR count). The number of rotatable bonds is 2. The molecule has 2 aromatic heterocycles. The highest BCUT2D eigenvalue weighted by molar-refractivity contribution is 5.85. The number of ether oxygens (including phenoxy) is 1. The van der Waals surface area contributed by atoms with Crippen molar-refractivity contribution in [1.29, 1.82) is 0 Å². The molecule has 1 aliphatic rings. The van der Waals surface area contributed by atoms with Crippen LogP contribution < -0.4 is 10.5 Å². The van der Waals surface area contributed by atoms with E-state index in [1.165, 1.54) is 19.3 Å². The lowest BCUT2D eigenvalue weighted by atomic mass is 9.98. The number of anilines is 1. The number of nitrogens with two attached hydrogens (primary N) is 1. The molecular formula is C14H17N3O. The molecule has 1 saturated carbocycles. The van der Waals surface area contributed by atoms with E-state index in [0.29, 0.717) is 17.7 Å². The standard InChI is InChI=1S/C14H17N3O/c15-10-8-12-13(17-9-10)6-7-16-14(12)18-11-4-2-1-3-5-11/h6-9,11H,1-5,15H2. The van der Waals surface area contributed by atoms with Crippen molar-refractivity contribution < 1.29 is 4.74 Å². The summed E-state index contributed by atoms with van der Waals surface area (Å²) in [5.41, 5.74) is 7.30. The van der Waals surface area contributed by atoms with E-state index in [1.807, 2.05) is 12.1 Å². The van der Waals surface area contributed by atoms with Crippen molar-refractivity contribution in [3.05, 3.63) is 24.5 Å². The Morgan fingerprint density at radius 2 is 2.00 bits per heavy atom. The van der Waals surface area contributed by atoms with E-state index in [1.54, 1.807) is 12.4 Å². The number of hydrogen-bond acceptors (Lipinski definition) is 4. The quantitative estimate of drug-likeness (QED) is 0.881. The lowest BCUT2D eigenvalue weighted by Gasteiger charge is -2.22. The first kappa shape index (κ1) is 11.3. The topological polar surface area (TPSA) is 61.0 Å². The van der Waals surface area contributed by atoms with Crippen molar-refractivity contribution in [2.24, 2.45) is 0 Å². The summed E-state index contributed by atoms with van der Waals surface area (Å²) >= 11 is 0. The summed E-state index contributed by atoms with van der Waals surface area (Å²) in [6.07, 6.45) is 9.74. The van der Waals surface area contributed by atoms with Crippen LogP contribution in [0, 0.1) is 0 Å². The molecule has 0 bridgehead atoms. The van der Waals surface area contributed by atoms with Crippen molar-refractivity contribution >= 4 is 16.6 Å². The Hall–Kier alpha value is -1.84. The molecule has 2 N–H and O–H groups in total. The average molecular weight is 243 g/mol. The summed E-state index contributed by atoms with van der Waals surface area (Å²) in [5.74, 6) is 0.666. The Kier molecular flexibility index (Phi) is 3.00. The van der Waals surface area contributed by atoms with Crippen molar-refractivity contribution in [1.82, 2.24) is 9.97 Å². The summed E-state index contributed by atoms with van der Waals surface area (Å²) in [7, 11) is 0. The van der Waals surface area contributed by atoms with Crippen LogP contribution in [0.15, 0.2) is 24.5 Å². The molecule has 18 heavy (non-hydrogen) atoms. The minimum absolute atomic E-state index is 0.290. The predicted molar refractivity (Wildman–Crippen MR) is 71.5 cm³/mol. The molecule has 2 heterocycles. The van der Waals surface area contributed by atoms with E-state index in [9.17, 15) is 0 Å². The normalized spacial score (nSPS) is 16.9. The Bertz CT molecular complexity index is 550. The maximum atomic E-state index is 6.02. The molecule has 0 saturated heterocycles. The predicted octanol–water partition coefficient (Wildman–Crippen LogP) is 2.92.